The lowest BCUT2D eigenvalue weighted by atomic mass is 10.0. The maximum absolute atomic E-state index is 13.1. The lowest BCUT2D eigenvalue weighted by molar-refractivity contribution is -0.161. The number of ether oxygens (including phenoxy) is 4. The highest BCUT2D eigenvalue weighted by atomic mass is 31.2. The van der Waals surface area contributed by atoms with Crippen LogP contribution in [0, 0.1) is 11.8 Å². The van der Waals surface area contributed by atoms with E-state index in [-0.39, 0.29) is 25.7 Å². The van der Waals surface area contributed by atoms with Gasteiger partial charge in [0, 0.05) is 25.7 Å². The average molecular weight is 1470 g/mol. The van der Waals surface area contributed by atoms with Crippen molar-refractivity contribution in [1.82, 2.24) is 0 Å². The van der Waals surface area contributed by atoms with Gasteiger partial charge in [0.05, 0.1) is 26.4 Å². The molecule has 594 valence electrons. The standard InChI is InChI=1S/C81H158O17P2/c1-7-9-11-13-15-17-18-19-30-36-41-47-53-59-65-80(85)97-76(69-91-78(83)63-57-51-45-16-14-12-10-8-2)71-95-99(87,88)93-67-75(82)68-94-100(89,90)96-72-77(70-92-79(84)64-58-52-46-40-35-31-27-26-29-34-39-44-50-56-62-74(5)6)98-81(86)66-60-54-48-42-37-32-25-23-21-20-22-24-28-33-38-43-49-55-61-73(3)4/h73-77,82H,7-72H2,1-6H3,(H,87,88)(H,89,90)/t75-,76+,77+/m0/s1. The normalized spacial score (nSPS) is 13.9. The van der Waals surface area contributed by atoms with Crippen LogP contribution in [0.2, 0.25) is 0 Å². The lowest BCUT2D eigenvalue weighted by Crippen LogP contribution is -2.30. The molecule has 0 aromatic rings. The molecule has 0 amide bonds. The third-order valence-corrected chi connectivity index (χ3v) is 20.9. The van der Waals surface area contributed by atoms with Crippen LogP contribution in [0.15, 0.2) is 0 Å². The second-order valence-electron chi connectivity index (χ2n) is 30.1. The third kappa shape index (κ3) is 74.3. The van der Waals surface area contributed by atoms with Crippen LogP contribution in [-0.2, 0) is 65.4 Å². The van der Waals surface area contributed by atoms with Crippen LogP contribution in [0.4, 0.5) is 0 Å². The summed E-state index contributed by atoms with van der Waals surface area (Å²) in [5, 5.41) is 10.6. The molecule has 19 heteroatoms. The van der Waals surface area contributed by atoms with Crippen LogP contribution in [0.1, 0.15) is 427 Å². The maximum atomic E-state index is 13.1. The Morgan fingerprint density at radius 3 is 0.680 bits per heavy atom. The molecule has 2 unspecified atom stereocenters. The number of unbranched alkanes of at least 4 members (excludes halogenated alkanes) is 50. The third-order valence-electron chi connectivity index (χ3n) is 19.0. The number of rotatable bonds is 80. The summed E-state index contributed by atoms with van der Waals surface area (Å²) < 4.78 is 68.6. The fourth-order valence-corrected chi connectivity index (χ4v) is 14.1. The predicted octanol–water partition coefficient (Wildman–Crippen LogP) is 24.3. The van der Waals surface area contributed by atoms with Crippen molar-refractivity contribution in [2.24, 2.45) is 11.8 Å². The molecule has 0 rings (SSSR count). The summed E-state index contributed by atoms with van der Waals surface area (Å²) in [6.07, 6.45) is 62.5. The minimum Gasteiger partial charge on any atom is -0.462 e. The van der Waals surface area contributed by atoms with E-state index in [1.165, 1.54) is 238 Å². The molecule has 17 nitrogen and oxygen atoms in total. The first-order valence-corrected chi connectivity index (χ1v) is 45.0. The molecule has 0 aromatic carbocycles. The first-order valence-electron chi connectivity index (χ1n) is 42.0. The van der Waals surface area contributed by atoms with Crippen LogP contribution < -0.4 is 0 Å². The van der Waals surface area contributed by atoms with E-state index < -0.39 is 97.5 Å². The van der Waals surface area contributed by atoms with Crippen LogP contribution in [0.5, 0.6) is 0 Å². The Hall–Kier alpha value is -1.94. The Labute approximate surface area is 613 Å². The Bertz CT molecular complexity index is 1920. The number of aliphatic hydroxyl groups is 1. The maximum Gasteiger partial charge on any atom is 0.472 e. The summed E-state index contributed by atoms with van der Waals surface area (Å²) in [6, 6.07) is 0. The number of aliphatic hydroxyl groups excluding tert-OH is 1. The van der Waals surface area contributed by atoms with Crippen molar-refractivity contribution in [3.8, 4) is 0 Å². The van der Waals surface area contributed by atoms with Gasteiger partial charge in [-0.05, 0) is 37.5 Å². The van der Waals surface area contributed by atoms with E-state index in [2.05, 4.69) is 41.5 Å². The lowest BCUT2D eigenvalue weighted by Gasteiger charge is -2.21. The van der Waals surface area contributed by atoms with Crippen LogP contribution in [0.3, 0.4) is 0 Å². The zero-order valence-electron chi connectivity index (χ0n) is 65.5. The van der Waals surface area contributed by atoms with Gasteiger partial charge in [-0.1, -0.05) is 375 Å². The Balaban J connectivity index is 5.19. The Morgan fingerprint density at radius 1 is 0.270 bits per heavy atom. The largest absolute Gasteiger partial charge is 0.472 e. The summed E-state index contributed by atoms with van der Waals surface area (Å²) in [5.41, 5.74) is 0. The number of phosphoric acid groups is 2. The summed E-state index contributed by atoms with van der Waals surface area (Å²) in [4.78, 5) is 72.9. The number of hydrogen-bond acceptors (Lipinski definition) is 15. The van der Waals surface area contributed by atoms with Crippen molar-refractivity contribution in [2.45, 2.75) is 445 Å². The van der Waals surface area contributed by atoms with Crippen molar-refractivity contribution in [3.05, 3.63) is 0 Å². The zero-order chi connectivity index (χ0) is 73.5. The second-order valence-corrected chi connectivity index (χ2v) is 33.0. The monoisotopic (exact) mass is 1470 g/mol. The molecule has 0 aromatic heterocycles. The van der Waals surface area contributed by atoms with Gasteiger partial charge in [0.15, 0.2) is 12.2 Å². The minimum atomic E-state index is -4.96. The highest BCUT2D eigenvalue weighted by Crippen LogP contribution is 2.45. The highest BCUT2D eigenvalue weighted by Gasteiger charge is 2.30. The molecule has 0 fully saturated rings. The minimum absolute atomic E-state index is 0.108. The predicted molar refractivity (Wildman–Crippen MR) is 409 cm³/mol. The first-order chi connectivity index (χ1) is 48.4. The molecule has 5 atom stereocenters. The Kier molecular flexibility index (Phi) is 71.2. The van der Waals surface area contributed by atoms with Gasteiger partial charge in [-0.2, -0.15) is 0 Å². The topological polar surface area (TPSA) is 237 Å². The summed E-state index contributed by atoms with van der Waals surface area (Å²) in [6.45, 7) is 9.67. The quantitative estimate of drug-likeness (QED) is 0.0222. The molecule has 0 aliphatic carbocycles. The SMILES string of the molecule is CCCCCCCCCCCCCCCCC(=O)O[C@H](COC(=O)CCCCCCCCCC)COP(=O)(O)OC[C@H](O)COP(=O)(O)OC[C@@H](COC(=O)CCCCCCCCCCCCCCCCC(C)C)OC(=O)CCCCCCCCCCCCCCCCCCCCC(C)C. The van der Waals surface area contributed by atoms with Gasteiger partial charge in [0.1, 0.15) is 19.3 Å². The van der Waals surface area contributed by atoms with Gasteiger partial charge in [-0.3, -0.25) is 37.3 Å². The van der Waals surface area contributed by atoms with Gasteiger partial charge < -0.3 is 33.8 Å². The number of carbonyl (C=O) groups is 4. The Morgan fingerprint density at radius 2 is 0.460 bits per heavy atom. The van der Waals surface area contributed by atoms with Crippen molar-refractivity contribution in [3.63, 3.8) is 0 Å². The van der Waals surface area contributed by atoms with Gasteiger partial charge >= 0.3 is 39.5 Å². The van der Waals surface area contributed by atoms with E-state index >= 15 is 0 Å². The average Bonchev–Trinajstić information content (AvgIpc) is 0.912. The van der Waals surface area contributed by atoms with Gasteiger partial charge in [0.25, 0.3) is 0 Å². The second kappa shape index (κ2) is 72.6. The molecule has 0 saturated carbocycles. The zero-order valence-corrected chi connectivity index (χ0v) is 67.3. The smallest absolute Gasteiger partial charge is 0.462 e. The molecule has 0 aliphatic rings. The van der Waals surface area contributed by atoms with Crippen LogP contribution in [0.25, 0.3) is 0 Å². The van der Waals surface area contributed by atoms with E-state index in [0.29, 0.717) is 25.7 Å². The summed E-state index contributed by atoms with van der Waals surface area (Å²) in [5.74, 6) is -0.490. The molecule has 0 spiro atoms. The number of hydrogen-bond donors (Lipinski definition) is 3. The fraction of sp³-hybridized carbons (Fsp3) is 0.951. The molecule has 3 N–H and O–H groups in total. The van der Waals surface area contributed by atoms with E-state index in [4.69, 9.17) is 37.0 Å². The molecule has 100 heavy (non-hydrogen) atoms. The molecular formula is C81H158O17P2. The van der Waals surface area contributed by atoms with Crippen molar-refractivity contribution >= 4 is 39.5 Å². The fourth-order valence-electron chi connectivity index (χ4n) is 12.5. The highest BCUT2D eigenvalue weighted by molar-refractivity contribution is 7.47. The van der Waals surface area contributed by atoms with Gasteiger partial charge in [-0.25, -0.2) is 9.13 Å². The molecular weight excluding hydrogens is 1310 g/mol. The van der Waals surface area contributed by atoms with Crippen molar-refractivity contribution in [2.75, 3.05) is 39.6 Å². The van der Waals surface area contributed by atoms with Crippen LogP contribution in [-0.4, -0.2) is 96.7 Å². The summed E-state index contributed by atoms with van der Waals surface area (Å²) >= 11 is 0. The first kappa shape index (κ1) is 98.1. The number of phosphoric ester groups is 2. The molecule has 0 heterocycles. The molecule has 0 saturated heterocycles. The van der Waals surface area contributed by atoms with E-state index in [0.717, 1.165) is 108 Å². The number of carbonyl (C=O) groups excluding carboxylic acids is 4. The van der Waals surface area contributed by atoms with E-state index in [1.54, 1.807) is 0 Å². The molecule has 0 radical (unpaired) electrons. The molecule has 0 bridgehead atoms. The number of esters is 4. The van der Waals surface area contributed by atoms with E-state index in [9.17, 15) is 43.2 Å². The van der Waals surface area contributed by atoms with Crippen LogP contribution >= 0.6 is 15.6 Å². The van der Waals surface area contributed by atoms with Gasteiger partial charge in [-0.15, -0.1) is 0 Å². The molecule has 0 aliphatic heterocycles. The van der Waals surface area contributed by atoms with E-state index in [1.807, 2.05) is 0 Å². The summed E-state index contributed by atoms with van der Waals surface area (Å²) in [7, 11) is -9.91. The van der Waals surface area contributed by atoms with Crippen molar-refractivity contribution in [1.29, 1.82) is 0 Å². The van der Waals surface area contributed by atoms with Gasteiger partial charge in [0.2, 0.25) is 0 Å². The van der Waals surface area contributed by atoms with Crippen molar-refractivity contribution < 1.29 is 80.2 Å².